The molecule has 0 bridgehead atoms. The van der Waals surface area contributed by atoms with Gasteiger partial charge in [-0.2, -0.15) is 0 Å². The van der Waals surface area contributed by atoms with Gasteiger partial charge in [0.25, 0.3) is 5.56 Å². The second-order valence-corrected chi connectivity index (χ2v) is 6.09. The van der Waals surface area contributed by atoms with E-state index in [1.807, 2.05) is 25.3 Å². The zero-order valence-corrected chi connectivity index (χ0v) is 12.5. The van der Waals surface area contributed by atoms with E-state index < -0.39 is 0 Å². The van der Waals surface area contributed by atoms with Crippen LogP contribution in [0.4, 0.5) is 0 Å². The van der Waals surface area contributed by atoms with Gasteiger partial charge in [0.1, 0.15) is 5.65 Å². The lowest BCUT2D eigenvalue weighted by molar-refractivity contribution is 0.0315. The molecule has 0 aliphatic carbocycles. The summed E-state index contributed by atoms with van der Waals surface area (Å²) in [7, 11) is 0. The molecule has 1 N–H and O–H groups in total. The first-order valence-electron chi connectivity index (χ1n) is 7.42. The third-order valence-corrected chi connectivity index (χ3v) is 4.19. The molecule has 1 aliphatic heterocycles. The van der Waals surface area contributed by atoms with E-state index in [1.54, 1.807) is 10.5 Å². The Hall–Kier alpha value is -1.72. The van der Waals surface area contributed by atoms with Crippen molar-refractivity contribution in [3.63, 3.8) is 0 Å². The van der Waals surface area contributed by atoms with E-state index in [1.165, 1.54) is 0 Å². The average Bonchev–Trinajstić information content (AvgIpc) is 2.44. The van der Waals surface area contributed by atoms with Crippen LogP contribution in [0, 0.1) is 12.8 Å². The second kappa shape index (κ2) is 5.58. The SMILES string of the molecule is Cc1ccc2nc(CN3CCC(O)C(C)C3)cc(=O)n2c1. The third kappa shape index (κ3) is 2.99. The van der Waals surface area contributed by atoms with Crippen molar-refractivity contribution in [2.45, 2.75) is 32.9 Å². The van der Waals surface area contributed by atoms with Gasteiger partial charge in [0.05, 0.1) is 11.8 Å². The number of pyridine rings is 1. The molecule has 1 aliphatic rings. The highest BCUT2D eigenvalue weighted by Crippen LogP contribution is 2.18. The predicted molar refractivity (Wildman–Crippen MR) is 81.3 cm³/mol. The molecule has 5 nitrogen and oxygen atoms in total. The summed E-state index contributed by atoms with van der Waals surface area (Å²) in [5, 5.41) is 9.78. The van der Waals surface area contributed by atoms with Crippen LogP contribution in [0.15, 0.2) is 29.2 Å². The summed E-state index contributed by atoms with van der Waals surface area (Å²) in [5.74, 6) is 0.267. The lowest BCUT2D eigenvalue weighted by Crippen LogP contribution is -2.41. The van der Waals surface area contributed by atoms with E-state index >= 15 is 0 Å². The van der Waals surface area contributed by atoms with Crippen LogP contribution < -0.4 is 5.56 Å². The van der Waals surface area contributed by atoms with Crippen molar-refractivity contribution in [1.82, 2.24) is 14.3 Å². The molecule has 0 amide bonds. The van der Waals surface area contributed by atoms with Crippen molar-refractivity contribution >= 4 is 5.65 Å². The normalized spacial score (nSPS) is 23.6. The van der Waals surface area contributed by atoms with Gasteiger partial charge in [0.2, 0.25) is 0 Å². The molecule has 2 aromatic heterocycles. The van der Waals surface area contributed by atoms with E-state index in [9.17, 15) is 9.90 Å². The zero-order chi connectivity index (χ0) is 15.0. The van der Waals surface area contributed by atoms with E-state index in [0.717, 1.165) is 30.8 Å². The summed E-state index contributed by atoms with van der Waals surface area (Å²) in [6, 6.07) is 5.45. The Bertz CT molecular complexity index is 710. The van der Waals surface area contributed by atoms with E-state index in [0.29, 0.717) is 12.2 Å². The first kappa shape index (κ1) is 14.2. The molecule has 1 fully saturated rings. The fraction of sp³-hybridized carbons (Fsp3) is 0.500. The summed E-state index contributed by atoms with van der Waals surface area (Å²) in [6.07, 6.45) is 2.39. The number of aryl methyl sites for hydroxylation is 1. The number of aliphatic hydroxyl groups excluding tert-OH is 1. The Morgan fingerprint density at radius 1 is 1.43 bits per heavy atom. The minimum absolute atomic E-state index is 0.0382. The van der Waals surface area contributed by atoms with Gasteiger partial charge in [-0.1, -0.05) is 13.0 Å². The highest BCUT2D eigenvalue weighted by Gasteiger charge is 2.24. The summed E-state index contributed by atoms with van der Waals surface area (Å²) in [5.41, 5.74) is 2.49. The lowest BCUT2D eigenvalue weighted by atomic mass is 9.97. The van der Waals surface area contributed by atoms with Gasteiger partial charge in [0.15, 0.2) is 0 Å². The van der Waals surface area contributed by atoms with Crippen LogP contribution >= 0.6 is 0 Å². The maximum atomic E-state index is 12.2. The predicted octanol–water partition coefficient (Wildman–Crippen LogP) is 1.21. The molecule has 21 heavy (non-hydrogen) atoms. The number of hydrogen-bond acceptors (Lipinski definition) is 4. The summed E-state index contributed by atoms with van der Waals surface area (Å²) < 4.78 is 1.58. The smallest absolute Gasteiger partial charge is 0.258 e. The molecule has 0 saturated carbocycles. The largest absolute Gasteiger partial charge is 0.393 e. The molecular weight excluding hydrogens is 266 g/mol. The number of piperidine rings is 1. The van der Waals surface area contributed by atoms with Crippen molar-refractivity contribution < 1.29 is 5.11 Å². The highest BCUT2D eigenvalue weighted by molar-refractivity contribution is 5.39. The molecular formula is C16H21N3O2. The van der Waals surface area contributed by atoms with Crippen LogP contribution in [-0.4, -0.2) is 38.6 Å². The maximum absolute atomic E-state index is 12.2. The van der Waals surface area contributed by atoms with Gasteiger partial charge in [-0.25, -0.2) is 4.98 Å². The van der Waals surface area contributed by atoms with Gasteiger partial charge >= 0.3 is 0 Å². The standard InChI is InChI=1S/C16H21N3O2/c1-11-3-4-15-17-13(7-16(21)19(15)8-11)10-18-6-5-14(20)12(2)9-18/h3-4,7-8,12,14,20H,5-6,9-10H2,1-2H3. The number of hydrogen-bond donors (Lipinski definition) is 1. The van der Waals surface area contributed by atoms with Crippen LogP contribution in [0.2, 0.25) is 0 Å². The van der Waals surface area contributed by atoms with Crippen molar-refractivity contribution in [3.8, 4) is 0 Å². The Kier molecular flexibility index (Phi) is 3.78. The number of aliphatic hydroxyl groups is 1. The van der Waals surface area contributed by atoms with Crippen molar-refractivity contribution in [1.29, 1.82) is 0 Å². The lowest BCUT2D eigenvalue weighted by Gasteiger charge is -2.34. The molecule has 2 aromatic rings. The quantitative estimate of drug-likeness (QED) is 0.902. The third-order valence-electron chi connectivity index (χ3n) is 4.19. The van der Waals surface area contributed by atoms with Gasteiger partial charge in [-0.3, -0.25) is 14.1 Å². The maximum Gasteiger partial charge on any atom is 0.258 e. The second-order valence-electron chi connectivity index (χ2n) is 6.09. The number of fused-ring (bicyclic) bond motifs is 1. The van der Waals surface area contributed by atoms with Gasteiger partial charge in [-0.05, 0) is 30.9 Å². The fourth-order valence-corrected chi connectivity index (χ4v) is 2.93. The number of nitrogens with zero attached hydrogens (tertiary/aromatic N) is 3. The molecule has 1 saturated heterocycles. The monoisotopic (exact) mass is 287 g/mol. The Balaban J connectivity index is 1.85. The molecule has 112 valence electrons. The van der Waals surface area contributed by atoms with Crippen LogP contribution in [-0.2, 0) is 6.54 Å². The fourth-order valence-electron chi connectivity index (χ4n) is 2.93. The highest BCUT2D eigenvalue weighted by atomic mass is 16.3. The van der Waals surface area contributed by atoms with E-state index in [-0.39, 0.29) is 17.6 Å². The van der Waals surface area contributed by atoms with Crippen LogP contribution in [0.25, 0.3) is 5.65 Å². The van der Waals surface area contributed by atoms with Crippen molar-refractivity contribution in [3.05, 3.63) is 46.0 Å². The van der Waals surface area contributed by atoms with Crippen molar-refractivity contribution in [2.24, 2.45) is 5.92 Å². The molecule has 3 rings (SSSR count). The first-order chi connectivity index (χ1) is 10.0. The Morgan fingerprint density at radius 3 is 3.00 bits per heavy atom. The Morgan fingerprint density at radius 2 is 2.24 bits per heavy atom. The molecule has 0 aromatic carbocycles. The topological polar surface area (TPSA) is 57.8 Å². The Labute approximate surface area is 123 Å². The molecule has 3 heterocycles. The molecule has 0 spiro atoms. The summed E-state index contributed by atoms with van der Waals surface area (Å²) >= 11 is 0. The molecule has 0 radical (unpaired) electrons. The van der Waals surface area contributed by atoms with Gasteiger partial charge < -0.3 is 5.11 Å². The van der Waals surface area contributed by atoms with E-state index in [4.69, 9.17) is 0 Å². The van der Waals surface area contributed by atoms with Crippen molar-refractivity contribution in [2.75, 3.05) is 13.1 Å². The van der Waals surface area contributed by atoms with Gasteiger partial charge in [0, 0.05) is 31.9 Å². The summed E-state index contributed by atoms with van der Waals surface area (Å²) in [4.78, 5) is 19.0. The summed E-state index contributed by atoms with van der Waals surface area (Å²) in [6.45, 7) is 6.37. The number of aromatic nitrogens is 2. The molecule has 2 atom stereocenters. The average molecular weight is 287 g/mol. The van der Waals surface area contributed by atoms with Crippen LogP contribution in [0.3, 0.4) is 0 Å². The number of likely N-dealkylation sites (tertiary alicyclic amines) is 1. The first-order valence-corrected chi connectivity index (χ1v) is 7.42. The van der Waals surface area contributed by atoms with Crippen LogP contribution in [0.5, 0.6) is 0 Å². The van der Waals surface area contributed by atoms with Gasteiger partial charge in [-0.15, -0.1) is 0 Å². The zero-order valence-electron chi connectivity index (χ0n) is 12.5. The minimum Gasteiger partial charge on any atom is -0.393 e. The van der Waals surface area contributed by atoms with Crippen LogP contribution in [0.1, 0.15) is 24.6 Å². The molecule has 2 unspecified atom stereocenters. The van der Waals surface area contributed by atoms with E-state index in [2.05, 4.69) is 16.8 Å². The molecule has 5 heteroatoms. The minimum atomic E-state index is -0.209. The number of rotatable bonds is 2.